The number of nitrogens with two attached hydrogens (primary N) is 1. The van der Waals surface area contributed by atoms with E-state index in [1.54, 1.807) is 18.9 Å². The summed E-state index contributed by atoms with van der Waals surface area (Å²) in [5.74, 6) is 0.0578. The first-order valence-corrected chi connectivity index (χ1v) is 6.29. The van der Waals surface area contributed by atoms with Crippen LogP contribution < -0.4 is 5.73 Å². The second-order valence-corrected chi connectivity index (χ2v) is 6.18. The molecule has 0 rings (SSSR count). The standard InChI is InChI=1S/C13H28N2O2/c1-10(16)6-7-15(5)12(17)8-11(14)9-13(2,3)4/h10-11,16H,6-9,14H2,1-5H3. The lowest BCUT2D eigenvalue weighted by Crippen LogP contribution is -2.36. The number of carbonyl (C=O) groups is 1. The Morgan fingerprint density at radius 1 is 1.41 bits per heavy atom. The van der Waals surface area contributed by atoms with Crippen molar-refractivity contribution in [3.63, 3.8) is 0 Å². The summed E-state index contributed by atoms with van der Waals surface area (Å²) in [4.78, 5) is 13.5. The van der Waals surface area contributed by atoms with Gasteiger partial charge in [-0.3, -0.25) is 4.79 Å². The molecule has 2 atom stereocenters. The van der Waals surface area contributed by atoms with Crippen molar-refractivity contribution < 1.29 is 9.90 Å². The van der Waals surface area contributed by atoms with Crippen LogP contribution in [0.15, 0.2) is 0 Å². The second-order valence-electron chi connectivity index (χ2n) is 6.18. The van der Waals surface area contributed by atoms with E-state index in [9.17, 15) is 4.79 Å². The third kappa shape index (κ3) is 9.12. The Bertz CT molecular complexity index is 234. The smallest absolute Gasteiger partial charge is 0.223 e. The van der Waals surface area contributed by atoms with Crippen LogP contribution in [0, 0.1) is 5.41 Å². The van der Waals surface area contributed by atoms with Crippen molar-refractivity contribution in [2.75, 3.05) is 13.6 Å². The molecule has 0 aromatic rings. The normalized spacial score (nSPS) is 15.5. The molecule has 0 fully saturated rings. The lowest BCUT2D eigenvalue weighted by atomic mass is 9.87. The van der Waals surface area contributed by atoms with Crippen LogP contribution in [0.3, 0.4) is 0 Å². The van der Waals surface area contributed by atoms with Crippen LogP contribution >= 0.6 is 0 Å². The predicted molar refractivity (Wildman–Crippen MR) is 70.6 cm³/mol. The molecule has 0 heterocycles. The van der Waals surface area contributed by atoms with Crippen molar-refractivity contribution in [1.29, 1.82) is 0 Å². The molecule has 1 amide bonds. The highest BCUT2D eigenvalue weighted by molar-refractivity contribution is 5.76. The number of rotatable bonds is 6. The fourth-order valence-corrected chi connectivity index (χ4v) is 1.74. The van der Waals surface area contributed by atoms with Crippen LogP contribution in [0.5, 0.6) is 0 Å². The molecule has 102 valence electrons. The SMILES string of the molecule is CC(O)CCN(C)C(=O)CC(N)CC(C)(C)C. The van der Waals surface area contributed by atoms with Crippen molar-refractivity contribution in [3.05, 3.63) is 0 Å². The van der Waals surface area contributed by atoms with Crippen molar-refractivity contribution in [3.8, 4) is 0 Å². The Morgan fingerprint density at radius 3 is 2.35 bits per heavy atom. The monoisotopic (exact) mass is 244 g/mol. The van der Waals surface area contributed by atoms with Crippen molar-refractivity contribution >= 4 is 5.91 Å². The Labute approximate surface area is 105 Å². The Hall–Kier alpha value is -0.610. The fraction of sp³-hybridized carbons (Fsp3) is 0.923. The van der Waals surface area contributed by atoms with Gasteiger partial charge in [-0.25, -0.2) is 0 Å². The van der Waals surface area contributed by atoms with Gasteiger partial charge in [0, 0.05) is 26.1 Å². The highest BCUT2D eigenvalue weighted by Crippen LogP contribution is 2.21. The molecule has 0 saturated carbocycles. The van der Waals surface area contributed by atoms with E-state index in [1.165, 1.54) is 0 Å². The molecular weight excluding hydrogens is 216 g/mol. The molecule has 0 aromatic carbocycles. The van der Waals surface area contributed by atoms with Crippen molar-refractivity contribution in [1.82, 2.24) is 4.90 Å². The van der Waals surface area contributed by atoms with Crippen LogP contribution in [0.25, 0.3) is 0 Å². The number of aliphatic hydroxyl groups is 1. The molecule has 0 aromatic heterocycles. The zero-order valence-corrected chi connectivity index (χ0v) is 11.9. The third-order valence-corrected chi connectivity index (χ3v) is 2.62. The molecule has 2 unspecified atom stereocenters. The predicted octanol–water partition coefficient (Wildman–Crippen LogP) is 1.37. The highest BCUT2D eigenvalue weighted by Gasteiger charge is 2.19. The molecule has 0 spiro atoms. The topological polar surface area (TPSA) is 66.6 Å². The van der Waals surface area contributed by atoms with E-state index in [-0.39, 0.29) is 23.5 Å². The van der Waals surface area contributed by atoms with Gasteiger partial charge in [0.1, 0.15) is 0 Å². The lowest BCUT2D eigenvalue weighted by molar-refractivity contribution is -0.130. The van der Waals surface area contributed by atoms with E-state index in [1.807, 2.05) is 0 Å². The molecule has 0 bridgehead atoms. The maximum absolute atomic E-state index is 11.8. The summed E-state index contributed by atoms with van der Waals surface area (Å²) in [5, 5.41) is 9.16. The minimum Gasteiger partial charge on any atom is -0.393 e. The maximum Gasteiger partial charge on any atom is 0.223 e. The molecule has 4 heteroatoms. The van der Waals surface area contributed by atoms with Gasteiger partial charge in [0.2, 0.25) is 5.91 Å². The number of aliphatic hydroxyl groups excluding tert-OH is 1. The van der Waals surface area contributed by atoms with Gasteiger partial charge in [-0.15, -0.1) is 0 Å². The van der Waals surface area contributed by atoms with Crippen LogP contribution in [-0.2, 0) is 4.79 Å². The van der Waals surface area contributed by atoms with Gasteiger partial charge in [0.15, 0.2) is 0 Å². The second kappa shape index (κ2) is 6.97. The summed E-state index contributed by atoms with van der Waals surface area (Å²) >= 11 is 0. The molecule has 0 aliphatic carbocycles. The molecule has 4 nitrogen and oxygen atoms in total. The van der Waals surface area contributed by atoms with Crippen molar-refractivity contribution in [2.24, 2.45) is 11.1 Å². The average molecular weight is 244 g/mol. The van der Waals surface area contributed by atoms with E-state index in [0.717, 1.165) is 6.42 Å². The van der Waals surface area contributed by atoms with Gasteiger partial charge in [-0.05, 0) is 25.2 Å². The summed E-state index contributed by atoms with van der Waals surface area (Å²) in [7, 11) is 1.76. The van der Waals surface area contributed by atoms with Crippen LogP contribution in [-0.4, -0.2) is 41.7 Å². The first kappa shape index (κ1) is 16.4. The van der Waals surface area contributed by atoms with Gasteiger partial charge in [0.25, 0.3) is 0 Å². The number of carbonyl (C=O) groups excluding carboxylic acids is 1. The van der Waals surface area contributed by atoms with Crippen LogP contribution in [0.1, 0.15) is 47.0 Å². The number of hydrogen-bond acceptors (Lipinski definition) is 3. The van der Waals surface area contributed by atoms with Crippen LogP contribution in [0.4, 0.5) is 0 Å². The summed E-state index contributed by atoms with van der Waals surface area (Å²) < 4.78 is 0. The Kier molecular flexibility index (Phi) is 6.72. The van der Waals surface area contributed by atoms with Crippen LogP contribution in [0.2, 0.25) is 0 Å². The van der Waals surface area contributed by atoms with Gasteiger partial charge in [0.05, 0.1) is 6.10 Å². The van der Waals surface area contributed by atoms with Gasteiger partial charge >= 0.3 is 0 Å². The minimum atomic E-state index is -0.367. The molecule has 3 N–H and O–H groups in total. The largest absolute Gasteiger partial charge is 0.393 e. The van der Waals surface area contributed by atoms with E-state index >= 15 is 0 Å². The highest BCUT2D eigenvalue weighted by atomic mass is 16.3. The summed E-state index contributed by atoms with van der Waals surface area (Å²) in [6, 6.07) is -0.0866. The summed E-state index contributed by atoms with van der Waals surface area (Å²) in [5.41, 5.74) is 6.11. The molecule has 0 radical (unpaired) electrons. The van der Waals surface area contributed by atoms with E-state index < -0.39 is 0 Å². The Balaban J connectivity index is 3.99. The zero-order valence-electron chi connectivity index (χ0n) is 11.9. The van der Waals surface area contributed by atoms with Gasteiger partial charge in [-0.2, -0.15) is 0 Å². The molecule has 0 aliphatic rings. The van der Waals surface area contributed by atoms with Crippen molar-refractivity contribution in [2.45, 2.75) is 59.1 Å². The number of hydrogen-bond donors (Lipinski definition) is 2. The molecule has 0 saturated heterocycles. The zero-order chi connectivity index (χ0) is 13.6. The minimum absolute atomic E-state index is 0.0578. The first-order chi connectivity index (χ1) is 7.61. The Morgan fingerprint density at radius 2 is 1.94 bits per heavy atom. The average Bonchev–Trinajstić information content (AvgIpc) is 2.10. The first-order valence-electron chi connectivity index (χ1n) is 6.29. The van der Waals surface area contributed by atoms with E-state index in [4.69, 9.17) is 10.8 Å². The third-order valence-electron chi connectivity index (χ3n) is 2.62. The quantitative estimate of drug-likeness (QED) is 0.741. The van der Waals surface area contributed by atoms with Gasteiger partial charge < -0.3 is 15.7 Å². The summed E-state index contributed by atoms with van der Waals surface area (Å²) in [6.07, 6.45) is 1.46. The maximum atomic E-state index is 11.8. The lowest BCUT2D eigenvalue weighted by Gasteiger charge is -2.25. The fourth-order valence-electron chi connectivity index (χ4n) is 1.74. The number of nitrogens with zero attached hydrogens (tertiary/aromatic N) is 1. The molecule has 17 heavy (non-hydrogen) atoms. The molecular formula is C13H28N2O2. The van der Waals surface area contributed by atoms with Gasteiger partial charge in [-0.1, -0.05) is 20.8 Å². The van der Waals surface area contributed by atoms with E-state index in [2.05, 4.69) is 20.8 Å². The summed E-state index contributed by atoms with van der Waals surface area (Å²) in [6.45, 7) is 8.67. The molecule has 0 aliphatic heterocycles. The number of amides is 1. The van der Waals surface area contributed by atoms with E-state index in [0.29, 0.717) is 19.4 Å².